The molecule has 2 aliphatic rings. The minimum absolute atomic E-state index is 0.179. The number of nitrogens with two attached hydrogens (primary N) is 1. The highest BCUT2D eigenvalue weighted by Crippen LogP contribution is 2.31. The van der Waals surface area contributed by atoms with E-state index in [1.165, 1.54) is 12.8 Å². The number of aliphatic hydroxyl groups is 1. The second-order valence-corrected chi connectivity index (χ2v) is 5.98. The third-order valence-electron chi connectivity index (χ3n) is 4.21. The molecule has 0 saturated heterocycles. The lowest BCUT2D eigenvalue weighted by Gasteiger charge is -2.16. The highest BCUT2D eigenvalue weighted by atomic mass is 16.5. The quantitative estimate of drug-likeness (QED) is 0.741. The third-order valence-corrected chi connectivity index (χ3v) is 4.21. The fraction of sp³-hybridized carbons (Fsp3) is 0.667. The first-order valence-electron chi connectivity index (χ1n) is 7.53. The highest BCUT2D eigenvalue weighted by molar-refractivity contribution is 5.53. The highest BCUT2D eigenvalue weighted by Gasteiger charge is 2.25. The van der Waals surface area contributed by atoms with Gasteiger partial charge in [-0.15, -0.1) is 0 Å². The molecule has 110 valence electrons. The lowest BCUT2D eigenvalue weighted by atomic mass is 10.1. The van der Waals surface area contributed by atoms with E-state index in [4.69, 9.17) is 10.5 Å². The van der Waals surface area contributed by atoms with Crippen LogP contribution in [0.5, 0.6) is 5.88 Å². The Bertz CT molecular complexity index is 462. The summed E-state index contributed by atoms with van der Waals surface area (Å²) in [5.41, 5.74) is 6.46. The molecule has 2 saturated carbocycles. The van der Waals surface area contributed by atoms with Crippen LogP contribution in [0.4, 0.5) is 11.5 Å². The number of ether oxygens (including phenoxy) is 1. The van der Waals surface area contributed by atoms with Gasteiger partial charge in [0.25, 0.3) is 0 Å². The number of nitrogen functional groups attached to an aromatic ring is 1. The predicted octanol–water partition coefficient (Wildman–Crippen LogP) is 2.03. The fourth-order valence-electron chi connectivity index (χ4n) is 2.64. The summed E-state index contributed by atoms with van der Waals surface area (Å²) in [4.78, 5) is 4.42. The van der Waals surface area contributed by atoms with E-state index >= 15 is 0 Å². The monoisotopic (exact) mass is 277 g/mol. The number of aliphatic hydroxyl groups excluding tert-OH is 1. The number of aromatic nitrogens is 1. The molecule has 0 aromatic carbocycles. The summed E-state index contributed by atoms with van der Waals surface area (Å²) in [6.45, 7) is 1.46. The molecule has 4 N–H and O–H groups in total. The Labute approximate surface area is 119 Å². The topological polar surface area (TPSA) is 80.4 Å². The van der Waals surface area contributed by atoms with E-state index in [-0.39, 0.29) is 6.10 Å². The standard InChI is InChI=1S/C15H23N3O2/c16-12-6-7-14(17-8-11-2-1-3-13(11)19)18-15(12)20-9-10-4-5-10/h6-7,10-11,13,19H,1-5,8-9,16H2,(H,17,18). The van der Waals surface area contributed by atoms with Gasteiger partial charge >= 0.3 is 0 Å². The van der Waals surface area contributed by atoms with Gasteiger partial charge in [-0.1, -0.05) is 6.42 Å². The molecule has 0 spiro atoms. The van der Waals surface area contributed by atoms with Gasteiger partial charge in [0.1, 0.15) is 5.82 Å². The molecule has 5 heteroatoms. The maximum Gasteiger partial charge on any atom is 0.239 e. The van der Waals surface area contributed by atoms with Crippen molar-refractivity contribution in [2.24, 2.45) is 11.8 Å². The third kappa shape index (κ3) is 3.33. The molecular weight excluding hydrogens is 254 g/mol. The van der Waals surface area contributed by atoms with Crippen LogP contribution in [0.1, 0.15) is 32.1 Å². The van der Waals surface area contributed by atoms with Gasteiger partial charge in [-0.3, -0.25) is 0 Å². The van der Waals surface area contributed by atoms with Crippen molar-refractivity contribution in [3.63, 3.8) is 0 Å². The molecule has 0 bridgehead atoms. The van der Waals surface area contributed by atoms with E-state index < -0.39 is 0 Å². The zero-order valence-electron chi connectivity index (χ0n) is 11.7. The van der Waals surface area contributed by atoms with Crippen molar-refractivity contribution in [3.8, 4) is 5.88 Å². The average Bonchev–Trinajstić information content (AvgIpc) is 3.18. The number of hydrogen-bond donors (Lipinski definition) is 3. The molecule has 3 rings (SSSR count). The van der Waals surface area contributed by atoms with Gasteiger partial charge in [-0.25, -0.2) is 0 Å². The van der Waals surface area contributed by atoms with Crippen molar-refractivity contribution in [3.05, 3.63) is 12.1 Å². The van der Waals surface area contributed by atoms with Crippen molar-refractivity contribution in [2.75, 3.05) is 24.2 Å². The largest absolute Gasteiger partial charge is 0.476 e. The lowest BCUT2D eigenvalue weighted by Crippen LogP contribution is -2.22. The molecule has 0 radical (unpaired) electrons. The molecule has 2 aliphatic carbocycles. The number of rotatable bonds is 6. The predicted molar refractivity (Wildman–Crippen MR) is 78.7 cm³/mol. The molecule has 5 nitrogen and oxygen atoms in total. The van der Waals surface area contributed by atoms with Crippen LogP contribution in [0.2, 0.25) is 0 Å². The van der Waals surface area contributed by atoms with Gasteiger partial charge in [0, 0.05) is 12.5 Å². The lowest BCUT2D eigenvalue weighted by molar-refractivity contribution is 0.138. The second-order valence-electron chi connectivity index (χ2n) is 5.98. The van der Waals surface area contributed by atoms with Crippen molar-refractivity contribution < 1.29 is 9.84 Å². The van der Waals surface area contributed by atoms with Crippen LogP contribution in [0.25, 0.3) is 0 Å². The van der Waals surface area contributed by atoms with Gasteiger partial charge in [0.15, 0.2) is 0 Å². The van der Waals surface area contributed by atoms with E-state index in [0.717, 1.165) is 31.6 Å². The summed E-state index contributed by atoms with van der Waals surface area (Å²) in [6.07, 6.45) is 5.42. The SMILES string of the molecule is Nc1ccc(NCC2CCCC2O)nc1OCC1CC1. The van der Waals surface area contributed by atoms with E-state index in [1.54, 1.807) is 0 Å². The molecule has 2 fully saturated rings. The number of hydrogen-bond acceptors (Lipinski definition) is 5. The molecule has 1 aromatic rings. The molecule has 20 heavy (non-hydrogen) atoms. The van der Waals surface area contributed by atoms with Crippen LogP contribution in [-0.4, -0.2) is 29.3 Å². The van der Waals surface area contributed by atoms with E-state index in [0.29, 0.717) is 30.0 Å². The van der Waals surface area contributed by atoms with E-state index in [9.17, 15) is 5.11 Å². The normalized spacial score (nSPS) is 25.6. The Morgan fingerprint density at radius 3 is 2.85 bits per heavy atom. The summed E-state index contributed by atoms with van der Waals surface area (Å²) < 4.78 is 5.67. The van der Waals surface area contributed by atoms with Crippen LogP contribution >= 0.6 is 0 Å². The van der Waals surface area contributed by atoms with E-state index in [2.05, 4.69) is 10.3 Å². The minimum Gasteiger partial charge on any atom is -0.476 e. The Hall–Kier alpha value is -1.49. The Morgan fingerprint density at radius 2 is 2.15 bits per heavy atom. The van der Waals surface area contributed by atoms with Gasteiger partial charge in [-0.2, -0.15) is 4.98 Å². The zero-order valence-corrected chi connectivity index (χ0v) is 11.7. The number of nitrogens with one attached hydrogen (secondary N) is 1. The molecule has 0 aliphatic heterocycles. The van der Waals surface area contributed by atoms with Gasteiger partial charge in [0.2, 0.25) is 5.88 Å². The number of anilines is 2. The first-order valence-corrected chi connectivity index (χ1v) is 7.53. The molecule has 1 heterocycles. The van der Waals surface area contributed by atoms with Gasteiger partial charge < -0.3 is 20.9 Å². The molecular formula is C15H23N3O2. The van der Waals surface area contributed by atoms with Crippen molar-refractivity contribution >= 4 is 11.5 Å². The molecule has 0 amide bonds. The number of nitrogens with zero attached hydrogens (tertiary/aromatic N) is 1. The average molecular weight is 277 g/mol. The maximum atomic E-state index is 9.81. The van der Waals surface area contributed by atoms with E-state index in [1.807, 2.05) is 12.1 Å². The zero-order chi connectivity index (χ0) is 13.9. The summed E-state index contributed by atoms with van der Waals surface area (Å²) in [6, 6.07) is 3.68. The van der Waals surface area contributed by atoms with Crippen LogP contribution in [0.3, 0.4) is 0 Å². The maximum absolute atomic E-state index is 9.81. The first kappa shape index (κ1) is 13.5. The van der Waals surface area contributed by atoms with Crippen LogP contribution < -0.4 is 15.8 Å². The minimum atomic E-state index is -0.179. The Morgan fingerprint density at radius 1 is 1.30 bits per heavy atom. The van der Waals surface area contributed by atoms with Crippen LogP contribution in [-0.2, 0) is 0 Å². The molecule has 2 atom stereocenters. The summed E-state index contributed by atoms with van der Waals surface area (Å²) in [7, 11) is 0. The van der Waals surface area contributed by atoms with Gasteiger partial charge in [0.05, 0.1) is 18.4 Å². The fourth-order valence-corrected chi connectivity index (χ4v) is 2.64. The number of pyridine rings is 1. The Balaban J connectivity index is 1.56. The summed E-state index contributed by atoms with van der Waals surface area (Å²) >= 11 is 0. The molecule has 1 aromatic heterocycles. The van der Waals surface area contributed by atoms with Crippen LogP contribution in [0.15, 0.2) is 12.1 Å². The first-order chi connectivity index (χ1) is 9.72. The van der Waals surface area contributed by atoms with Gasteiger partial charge in [-0.05, 0) is 43.7 Å². The second kappa shape index (κ2) is 5.87. The van der Waals surface area contributed by atoms with Crippen molar-refractivity contribution in [1.82, 2.24) is 4.98 Å². The van der Waals surface area contributed by atoms with Crippen molar-refractivity contribution in [1.29, 1.82) is 0 Å². The summed E-state index contributed by atoms with van der Waals surface area (Å²) in [5.74, 6) is 2.30. The Kier molecular flexibility index (Phi) is 3.96. The van der Waals surface area contributed by atoms with Crippen molar-refractivity contribution in [2.45, 2.75) is 38.2 Å². The molecule has 2 unspecified atom stereocenters. The summed E-state index contributed by atoms with van der Waals surface area (Å²) in [5, 5.41) is 13.1. The van der Waals surface area contributed by atoms with Crippen LogP contribution in [0, 0.1) is 11.8 Å². The smallest absolute Gasteiger partial charge is 0.239 e.